The van der Waals surface area contributed by atoms with Crippen LogP contribution in [-0.2, 0) is 20.9 Å². The van der Waals surface area contributed by atoms with E-state index < -0.39 is 0 Å². The molecule has 2 aliphatic rings. The molecule has 1 N–H and O–H groups in total. The fourth-order valence-electron chi connectivity index (χ4n) is 4.93. The van der Waals surface area contributed by atoms with Crippen molar-refractivity contribution in [1.29, 1.82) is 0 Å². The molecule has 8 nitrogen and oxygen atoms in total. The Kier molecular flexibility index (Phi) is 5.85. The summed E-state index contributed by atoms with van der Waals surface area (Å²) in [7, 11) is 1.67. The fraction of sp³-hybridized carbons (Fsp3) is 0.545. The van der Waals surface area contributed by atoms with Gasteiger partial charge in [-0.3, -0.25) is 19.0 Å². The number of hydrogen-bond donors (Lipinski definition) is 1. The minimum absolute atomic E-state index is 0.00828. The summed E-state index contributed by atoms with van der Waals surface area (Å²) in [5.41, 5.74) is 0.541. The molecule has 1 aliphatic heterocycles. The number of nitrogens with zero attached hydrogens (tertiary/aromatic N) is 3. The highest BCUT2D eigenvalue weighted by Gasteiger charge is 2.43. The molecule has 8 heteroatoms. The maximum absolute atomic E-state index is 12.8. The van der Waals surface area contributed by atoms with Gasteiger partial charge in [0.15, 0.2) is 0 Å². The van der Waals surface area contributed by atoms with Gasteiger partial charge < -0.3 is 15.0 Å². The highest BCUT2D eigenvalue weighted by molar-refractivity contribution is 5.78. The summed E-state index contributed by atoms with van der Waals surface area (Å²) in [6, 6.07) is 7.21. The standard InChI is InChI=1S/C22H28N4O4/c1-14(27)24-19-9-15-11-26(12-16(15)10-20(19)30-2)21(28)7-8-25-13-23-18-6-4-3-5-17(18)22(25)29/h3-6,13,15-16,19-20H,7-12H2,1-2H3,(H,24,27)/t15-,16+,19-,20-/m1/s1. The maximum atomic E-state index is 12.8. The van der Waals surface area contributed by atoms with E-state index in [1.54, 1.807) is 19.2 Å². The molecule has 0 spiro atoms. The number of hydrogen-bond acceptors (Lipinski definition) is 5. The summed E-state index contributed by atoms with van der Waals surface area (Å²) in [5, 5.41) is 3.56. The second kappa shape index (κ2) is 8.55. The molecule has 0 unspecified atom stereocenters. The van der Waals surface area contributed by atoms with E-state index in [9.17, 15) is 14.4 Å². The SMILES string of the molecule is CO[C@@H]1C[C@H]2CN(C(=O)CCn3cnc4ccccc4c3=O)C[C@H]2C[C@H]1NC(C)=O. The Labute approximate surface area is 175 Å². The van der Waals surface area contributed by atoms with Crippen LogP contribution in [0.2, 0.25) is 0 Å². The Morgan fingerprint density at radius 1 is 1.20 bits per heavy atom. The smallest absolute Gasteiger partial charge is 0.261 e. The summed E-state index contributed by atoms with van der Waals surface area (Å²) in [4.78, 5) is 43.2. The second-order valence-electron chi connectivity index (χ2n) is 8.38. The Balaban J connectivity index is 1.38. The van der Waals surface area contributed by atoms with E-state index in [0.29, 0.717) is 42.4 Å². The van der Waals surface area contributed by atoms with Gasteiger partial charge in [-0.2, -0.15) is 0 Å². The Bertz CT molecular complexity index is 1000. The van der Waals surface area contributed by atoms with Gasteiger partial charge in [0.2, 0.25) is 11.8 Å². The first-order valence-corrected chi connectivity index (χ1v) is 10.5. The van der Waals surface area contributed by atoms with E-state index in [0.717, 1.165) is 12.8 Å². The third-order valence-corrected chi connectivity index (χ3v) is 6.46. The van der Waals surface area contributed by atoms with Crippen LogP contribution >= 0.6 is 0 Å². The van der Waals surface area contributed by atoms with Crippen molar-refractivity contribution in [3.8, 4) is 0 Å². The van der Waals surface area contributed by atoms with Gasteiger partial charge in [0.25, 0.3) is 5.56 Å². The average molecular weight is 412 g/mol. The molecular weight excluding hydrogens is 384 g/mol. The van der Waals surface area contributed by atoms with Gasteiger partial charge in [-0.15, -0.1) is 0 Å². The number of para-hydroxylation sites is 1. The van der Waals surface area contributed by atoms with Crippen LogP contribution in [0.5, 0.6) is 0 Å². The van der Waals surface area contributed by atoms with Crippen LogP contribution in [0, 0.1) is 11.8 Å². The molecule has 1 aliphatic carbocycles. The van der Waals surface area contributed by atoms with E-state index in [-0.39, 0.29) is 35.9 Å². The van der Waals surface area contributed by atoms with Crippen molar-refractivity contribution in [2.45, 2.75) is 44.9 Å². The number of aromatic nitrogens is 2. The third-order valence-electron chi connectivity index (χ3n) is 6.46. The summed E-state index contributed by atoms with van der Waals surface area (Å²) in [5.74, 6) is 0.742. The molecule has 2 amide bonds. The number of benzene rings is 1. The van der Waals surface area contributed by atoms with E-state index >= 15 is 0 Å². The highest BCUT2D eigenvalue weighted by atomic mass is 16.5. The molecular formula is C22H28N4O4. The highest BCUT2D eigenvalue weighted by Crippen LogP contribution is 2.37. The molecule has 4 rings (SSSR count). The van der Waals surface area contributed by atoms with E-state index in [4.69, 9.17) is 4.74 Å². The van der Waals surface area contributed by atoms with Crippen molar-refractivity contribution < 1.29 is 14.3 Å². The number of fused-ring (bicyclic) bond motifs is 2. The zero-order valence-corrected chi connectivity index (χ0v) is 17.4. The number of methoxy groups -OCH3 is 1. The molecule has 30 heavy (non-hydrogen) atoms. The third kappa shape index (κ3) is 4.09. The zero-order valence-electron chi connectivity index (χ0n) is 17.4. The van der Waals surface area contributed by atoms with Crippen LogP contribution in [-0.4, -0.2) is 58.6 Å². The number of carbonyl (C=O) groups excluding carboxylic acids is 2. The lowest BCUT2D eigenvalue weighted by atomic mass is 9.77. The number of carbonyl (C=O) groups is 2. The zero-order chi connectivity index (χ0) is 21.3. The van der Waals surface area contributed by atoms with Crippen molar-refractivity contribution in [1.82, 2.24) is 19.8 Å². The minimum atomic E-state index is -0.121. The van der Waals surface area contributed by atoms with Crippen molar-refractivity contribution in [2.75, 3.05) is 20.2 Å². The molecule has 2 fully saturated rings. The molecule has 1 saturated carbocycles. The Morgan fingerprint density at radius 3 is 2.67 bits per heavy atom. The average Bonchev–Trinajstić information content (AvgIpc) is 3.15. The van der Waals surface area contributed by atoms with Crippen molar-refractivity contribution in [2.24, 2.45) is 11.8 Å². The number of ether oxygens (including phenoxy) is 1. The minimum Gasteiger partial charge on any atom is -0.379 e. The van der Waals surface area contributed by atoms with Gasteiger partial charge in [0, 0.05) is 40.1 Å². The second-order valence-corrected chi connectivity index (χ2v) is 8.38. The van der Waals surface area contributed by atoms with Gasteiger partial charge >= 0.3 is 0 Å². The van der Waals surface area contributed by atoms with Crippen LogP contribution in [0.15, 0.2) is 35.4 Å². The van der Waals surface area contributed by atoms with Gasteiger partial charge in [-0.25, -0.2) is 4.98 Å². The van der Waals surface area contributed by atoms with Gasteiger partial charge in [0.05, 0.1) is 29.4 Å². The number of nitrogens with one attached hydrogen (secondary N) is 1. The predicted octanol–water partition coefficient (Wildman–Crippen LogP) is 1.17. The Hall–Kier alpha value is -2.74. The first-order valence-electron chi connectivity index (χ1n) is 10.5. The van der Waals surface area contributed by atoms with Crippen LogP contribution in [0.3, 0.4) is 0 Å². The van der Waals surface area contributed by atoms with Crippen LogP contribution in [0.1, 0.15) is 26.2 Å². The van der Waals surface area contributed by atoms with Crippen molar-refractivity contribution in [3.05, 3.63) is 40.9 Å². The number of rotatable bonds is 5. The molecule has 2 aromatic rings. The Morgan fingerprint density at radius 2 is 1.93 bits per heavy atom. The topological polar surface area (TPSA) is 93.5 Å². The van der Waals surface area contributed by atoms with Crippen LogP contribution < -0.4 is 10.9 Å². The molecule has 160 valence electrons. The summed E-state index contributed by atoms with van der Waals surface area (Å²) >= 11 is 0. The summed E-state index contributed by atoms with van der Waals surface area (Å²) in [6.07, 6.45) is 3.42. The van der Waals surface area contributed by atoms with E-state index in [2.05, 4.69) is 10.3 Å². The number of likely N-dealkylation sites (tertiary alicyclic amines) is 1. The molecule has 1 saturated heterocycles. The lowest BCUT2D eigenvalue weighted by Gasteiger charge is -2.37. The predicted molar refractivity (Wildman–Crippen MR) is 112 cm³/mol. The lowest BCUT2D eigenvalue weighted by molar-refractivity contribution is -0.130. The van der Waals surface area contributed by atoms with Crippen LogP contribution in [0.4, 0.5) is 0 Å². The summed E-state index contributed by atoms with van der Waals surface area (Å²) < 4.78 is 7.11. The monoisotopic (exact) mass is 412 g/mol. The summed E-state index contributed by atoms with van der Waals surface area (Å²) in [6.45, 7) is 3.24. The van der Waals surface area contributed by atoms with Gasteiger partial charge in [-0.05, 0) is 36.8 Å². The quantitative estimate of drug-likeness (QED) is 0.796. The van der Waals surface area contributed by atoms with Gasteiger partial charge in [-0.1, -0.05) is 12.1 Å². The normalized spacial score (nSPS) is 25.9. The molecule has 0 bridgehead atoms. The van der Waals surface area contributed by atoms with Crippen molar-refractivity contribution >= 4 is 22.7 Å². The van der Waals surface area contributed by atoms with E-state index in [1.807, 2.05) is 17.0 Å². The number of amides is 2. The number of aryl methyl sites for hydroxylation is 1. The largest absolute Gasteiger partial charge is 0.379 e. The lowest BCUT2D eigenvalue weighted by Crippen LogP contribution is -2.49. The molecule has 0 radical (unpaired) electrons. The molecule has 1 aromatic carbocycles. The maximum Gasteiger partial charge on any atom is 0.261 e. The van der Waals surface area contributed by atoms with Crippen LogP contribution in [0.25, 0.3) is 10.9 Å². The molecule has 2 heterocycles. The van der Waals surface area contributed by atoms with Crippen molar-refractivity contribution in [3.63, 3.8) is 0 Å². The van der Waals surface area contributed by atoms with E-state index in [1.165, 1.54) is 17.8 Å². The first-order chi connectivity index (χ1) is 14.5. The fourth-order valence-corrected chi connectivity index (χ4v) is 4.93. The molecule has 1 aromatic heterocycles. The van der Waals surface area contributed by atoms with Gasteiger partial charge in [0.1, 0.15) is 0 Å². The molecule has 4 atom stereocenters. The first kappa shape index (κ1) is 20.5.